The number of piperazine rings is 1. The largest absolute Gasteiger partial charge is 0.392 e. The average molecular weight is 299 g/mol. The van der Waals surface area contributed by atoms with Crippen LogP contribution in [-0.2, 0) is 0 Å². The minimum atomic E-state index is -0.535. The SMILES string of the molecule is C[C@@H](O)CN1CCN(c2ncc(C(N)=O)cc2Cl)CC1. The van der Waals surface area contributed by atoms with Crippen molar-refractivity contribution in [1.82, 2.24) is 9.88 Å². The Hall–Kier alpha value is -1.37. The van der Waals surface area contributed by atoms with Crippen molar-refractivity contribution in [2.24, 2.45) is 5.73 Å². The summed E-state index contributed by atoms with van der Waals surface area (Å²) in [6, 6.07) is 1.55. The molecule has 0 aliphatic carbocycles. The maximum absolute atomic E-state index is 11.1. The van der Waals surface area contributed by atoms with Crippen LogP contribution < -0.4 is 10.6 Å². The summed E-state index contributed by atoms with van der Waals surface area (Å²) in [6.45, 7) is 5.73. The predicted octanol–water partition coefficient (Wildman–Crippen LogP) is 0.337. The number of pyridine rings is 1. The first-order chi connectivity index (χ1) is 9.47. The highest BCUT2D eigenvalue weighted by molar-refractivity contribution is 6.33. The highest BCUT2D eigenvalue weighted by atomic mass is 35.5. The molecule has 0 bridgehead atoms. The van der Waals surface area contributed by atoms with E-state index in [0.717, 1.165) is 26.2 Å². The molecule has 6 nitrogen and oxygen atoms in total. The van der Waals surface area contributed by atoms with Gasteiger partial charge in [-0.2, -0.15) is 0 Å². The second kappa shape index (κ2) is 6.39. The summed E-state index contributed by atoms with van der Waals surface area (Å²) in [7, 11) is 0. The van der Waals surface area contributed by atoms with E-state index >= 15 is 0 Å². The number of nitrogens with two attached hydrogens (primary N) is 1. The Kier molecular flexibility index (Phi) is 4.80. The molecule has 0 aromatic carbocycles. The zero-order valence-electron chi connectivity index (χ0n) is 11.4. The molecule has 1 fully saturated rings. The molecule has 1 amide bonds. The number of carbonyl (C=O) groups excluding carboxylic acids is 1. The molecular weight excluding hydrogens is 280 g/mol. The fraction of sp³-hybridized carbons (Fsp3) is 0.538. The van der Waals surface area contributed by atoms with Gasteiger partial charge in [-0.3, -0.25) is 9.69 Å². The first-order valence-electron chi connectivity index (χ1n) is 6.58. The number of halogens is 1. The van der Waals surface area contributed by atoms with Crippen LogP contribution in [0.1, 0.15) is 17.3 Å². The number of nitrogens with zero attached hydrogens (tertiary/aromatic N) is 3. The Balaban J connectivity index is 2.02. The quantitative estimate of drug-likeness (QED) is 0.837. The smallest absolute Gasteiger partial charge is 0.250 e. The number of β-amino-alcohol motifs (C(OH)–C–C–N with tert-alkyl or cyclic N) is 1. The van der Waals surface area contributed by atoms with Crippen LogP contribution in [0.5, 0.6) is 0 Å². The lowest BCUT2D eigenvalue weighted by Crippen LogP contribution is -2.48. The highest BCUT2D eigenvalue weighted by Crippen LogP contribution is 2.25. The molecule has 0 radical (unpaired) electrons. The standard InChI is InChI=1S/C13H19ClN4O2/c1-9(19)8-17-2-4-18(5-3-17)13-11(14)6-10(7-16-13)12(15)20/h6-7,9,19H,2-5,8H2,1H3,(H2,15,20)/t9-/m1/s1. The molecule has 1 aromatic heterocycles. The number of amides is 1. The van der Waals surface area contributed by atoms with Gasteiger partial charge in [-0.05, 0) is 13.0 Å². The zero-order chi connectivity index (χ0) is 14.7. The van der Waals surface area contributed by atoms with Gasteiger partial charge in [-0.15, -0.1) is 0 Å². The monoisotopic (exact) mass is 298 g/mol. The van der Waals surface area contributed by atoms with Gasteiger partial charge in [-0.25, -0.2) is 4.98 Å². The summed E-state index contributed by atoms with van der Waals surface area (Å²) in [4.78, 5) is 19.6. The number of hydrogen-bond donors (Lipinski definition) is 2. The molecule has 1 aliphatic heterocycles. The number of aliphatic hydroxyl groups excluding tert-OH is 1. The Morgan fingerprint density at radius 1 is 1.50 bits per heavy atom. The molecule has 1 aromatic rings. The summed E-state index contributed by atoms with van der Waals surface area (Å²) >= 11 is 6.16. The van der Waals surface area contributed by atoms with Crippen LogP contribution in [0.15, 0.2) is 12.3 Å². The van der Waals surface area contributed by atoms with Crippen LogP contribution in [0, 0.1) is 0 Å². The Labute approximate surface area is 123 Å². The van der Waals surface area contributed by atoms with Crippen LogP contribution in [0.25, 0.3) is 0 Å². The molecule has 2 rings (SSSR count). The molecule has 0 spiro atoms. The van der Waals surface area contributed by atoms with Gasteiger partial charge in [0.15, 0.2) is 0 Å². The van der Waals surface area contributed by atoms with E-state index in [-0.39, 0.29) is 6.10 Å². The van der Waals surface area contributed by atoms with E-state index in [1.54, 1.807) is 13.0 Å². The fourth-order valence-corrected chi connectivity index (χ4v) is 2.60. The molecule has 7 heteroatoms. The van der Waals surface area contributed by atoms with E-state index in [1.807, 2.05) is 0 Å². The molecule has 0 unspecified atom stereocenters. The van der Waals surface area contributed by atoms with Crippen molar-refractivity contribution < 1.29 is 9.90 Å². The van der Waals surface area contributed by atoms with Gasteiger partial charge >= 0.3 is 0 Å². The van der Waals surface area contributed by atoms with Crippen molar-refractivity contribution in [3.8, 4) is 0 Å². The minimum Gasteiger partial charge on any atom is -0.392 e. The van der Waals surface area contributed by atoms with Crippen molar-refractivity contribution in [3.63, 3.8) is 0 Å². The number of primary amides is 1. The van der Waals surface area contributed by atoms with Gasteiger partial charge in [0, 0.05) is 38.9 Å². The van der Waals surface area contributed by atoms with Gasteiger partial charge in [-0.1, -0.05) is 11.6 Å². The number of aliphatic hydroxyl groups is 1. The molecule has 0 saturated carbocycles. The highest BCUT2D eigenvalue weighted by Gasteiger charge is 2.21. The number of carbonyl (C=O) groups is 1. The molecule has 3 N–H and O–H groups in total. The minimum absolute atomic E-state index is 0.312. The molecule has 110 valence electrons. The second-order valence-electron chi connectivity index (χ2n) is 5.03. The van der Waals surface area contributed by atoms with Crippen molar-refractivity contribution in [3.05, 3.63) is 22.8 Å². The summed E-state index contributed by atoms with van der Waals surface area (Å²) < 4.78 is 0. The first kappa shape index (κ1) is 15.0. The van der Waals surface area contributed by atoms with Gasteiger partial charge in [0.05, 0.1) is 16.7 Å². The Morgan fingerprint density at radius 3 is 2.65 bits per heavy atom. The molecule has 20 heavy (non-hydrogen) atoms. The van der Waals surface area contributed by atoms with E-state index in [2.05, 4.69) is 14.8 Å². The summed E-state index contributed by atoms with van der Waals surface area (Å²) in [6.07, 6.45) is 1.13. The number of anilines is 1. The second-order valence-corrected chi connectivity index (χ2v) is 5.44. The van der Waals surface area contributed by atoms with Crippen molar-refractivity contribution in [2.75, 3.05) is 37.6 Å². The molecular formula is C13H19ClN4O2. The Morgan fingerprint density at radius 2 is 2.15 bits per heavy atom. The van der Waals surface area contributed by atoms with E-state index in [0.29, 0.717) is 22.9 Å². The van der Waals surface area contributed by atoms with Crippen molar-refractivity contribution in [2.45, 2.75) is 13.0 Å². The van der Waals surface area contributed by atoms with Crippen LogP contribution >= 0.6 is 11.6 Å². The normalized spacial score (nSPS) is 18.1. The maximum Gasteiger partial charge on any atom is 0.250 e. The van der Waals surface area contributed by atoms with Crippen LogP contribution in [-0.4, -0.2) is 59.7 Å². The van der Waals surface area contributed by atoms with Gasteiger partial charge in [0.2, 0.25) is 5.91 Å². The number of hydrogen-bond acceptors (Lipinski definition) is 5. The van der Waals surface area contributed by atoms with Crippen molar-refractivity contribution in [1.29, 1.82) is 0 Å². The molecule has 1 saturated heterocycles. The lowest BCUT2D eigenvalue weighted by Gasteiger charge is -2.36. The fourth-order valence-electron chi connectivity index (χ4n) is 2.31. The summed E-state index contributed by atoms with van der Waals surface area (Å²) in [5.74, 6) is 0.140. The van der Waals surface area contributed by atoms with Gasteiger partial charge < -0.3 is 15.7 Å². The van der Waals surface area contributed by atoms with E-state index in [9.17, 15) is 9.90 Å². The number of aromatic nitrogens is 1. The van der Waals surface area contributed by atoms with Crippen LogP contribution in [0.2, 0.25) is 5.02 Å². The van der Waals surface area contributed by atoms with Gasteiger partial charge in [0.1, 0.15) is 5.82 Å². The topological polar surface area (TPSA) is 82.7 Å². The maximum atomic E-state index is 11.1. The third-order valence-corrected chi connectivity index (χ3v) is 3.58. The first-order valence-corrected chi connectivity index (χ1v) is 6.96. The van der Waals surface area contributed by atoms with Crippen molar-refractivity contribution >= 4 is 23.3 Å². The van der Waals surface area contributed by atoms with E-state index in [4.69, 9.17) is 17.3 Å². The third kappa shape index (κ3) is 3.59. The predicted molar refractivity (Wildman–Crippen MR) is 78.1 cm³/mol. The molecule has 1 atom stereocenters. The zero-order valence-corrected chi connectivity index (χ0v) is 12.2. The lowest BCUT2D eigenvalue weighted by molar-refractivity contribution is 0.1000. The summed E-state index contributed by atoms with van der Waals surface area (Å²) in [5, 5.41) is 9.82. The third-order valence-electron chi connectivity index (χ3n) is 3.30. The average Bonchev–Trinajstić information content (AvgIpc) is 2.39. The lowest BCUT2D eigenvalue weighted by atomic mass is 10.2. The molecule has 1 aliphatic rings. The van der Waals surface area contributed by atoms with E-state index in [1.165, 1.54) is 6.20 Å². The Bertz CT molecular complexity index is 487. The van der Waals surface area contributed by atoms with Gasteiger partial charge in [0.25, 0.3) is 0 Å². The molecule has 2 heterocycles. The van der Waals surface area contributed by atoms with Crippen LogP contribution in [0.4, 0.5) is 5.82 Å². The number of rotatable bonds is 4. The van der Waals surface area contributed by atoms with E-state index < -0.39 is 5.91 Å². The van der Waals surface area contributed by atoms with Crippen LogP contribution in [0.3, 0.4) is 0 Å². The summed E-state index contributed by atoms with van der Waals surface area (Å²) in [5.41, 5.74) is 5.51.